The molecule has 1 aromatic carbocycles. The molecule has 0 saturated carbocycles. The predicted octanol–water partition coefficient (Wildman–Crippen LogP) is 3.00. The van der Waals surface area contributed by atoms with Crippen LogP contribution in [0.4, 0.5) is 13.2 Å². The minimum Gasteiger partial charge on any atom is -0.435 e. The largest absolute Gasteiger partial charge is 0.435 e. The first-order chi connectivity index (χ1) is 7.04. The Labute approximate surface area is 92.2 Å². The van der Waals surface area contributed by atoms with Gasteiger partial charge in [-0.1, -0.05) is 15.9 Å². The molecule has 0 aliphatic heterocycles. The summed E-state index contributed by atoms with van der Waals surface area (Å²) in [5, 5.41) is -0.0288. The number of Topliss-reactive ketones (excluding diaryl/α,β-unsaturated/α-hetero) is 1. The van der Waals surface area contributed by atoms with Crippen molar-refractivity contribution in [3.05, 3.63) is 29.6 Å². The van der Waals surface area contributed by atoms with Gasteiger partial charge >= 0.3 is 6.61 Å². The molecule has 0 atom stereocenters. The quantitative estimate of drug-likeness (QED) is 0.627. The molecule has 0 radical (unpaired) electrons. The molecule has 0 unspecified atom stereocenters. The molecule has 15 heavy (non-hydrogen) atoms. The van der Waals surface area contributed by atoms with Gasteiger partial charge in [-0.25, -0.2) is 4.39 Å². The maximum absolute atomic E-state index is 13.2. The first kappa shape index (κ1) is 12.0. The molecule has 0 saturated heterocycles. The summed E-state index contributed by atoms with van der Waals surface area (Å²) >= 11 is 2.88. The van der Waals surface area contributed by atoms with Crippen LogP contribution in [0.1, 0.15) is 10.4 Å². The van der Waals surface area contributed by atoms with Crippen LogP contribution in [0.15, 0.2) is 18.2 Å². The fourth-order valence-electron chi connectivity index (χ4n) is 0.970. The van der Waals surface area contributed by atoms with Gasteiger partial charge in [-0.05, 0) is 12.1 Å². The second-order valence-electron chi connectivity index (χ2n) is 2.58. The van der Waals surface area contributed by atoms with Crippen molar-refractivity contribution in [1.82, 2.24) is 0 Å². The summed E-state index contributed by atoms with van der Waals surface area (Å²) in [6.07, 6.45) is 0. The van der Waals surface area contributed by atoms with Gasteiger partial charge < -0.3 is 4.74 Å². The topological polar surface area (TPSA) is 26.3 Å². The molecule has 82 valence electrons. The van der Waals surface area contributed by atoms with Crippen molar-refractivity contribution < 1.29 is 22.7 Å². The van der Waals surface area contributed by atoms with Crippen LogP contribution in [0.3, 0.4) is 0 Å². The van der Waals surface area contributed by atoms with E-state index in [1.54, 1.807) is 0 Å². The van der Waals surface area contributed by atoms with Gasteiger partial charge in [-0.15, -0.1) is 0 Å². The van der Waals surface area contributed by atoms with Crippen LogP contribution in [0, 0.1) is 5.82 Å². The van der Waals surface area contributed by atoms with E-state index in [1.807, 2.05) is 0 Å². The second kappa shape index (κ2) is 5.16. The highest BCUT2D eigenvalue weighted by Crippen LogP contribution is 2.19. The van der Waals surface area contributed by atoms with E-state index in [0.717, 1.165) is 18.2 Å². The molecule has 0 N–H and O–H groups in total. The highest BCUT2D eigenvalue weighted by atomic mass is 79.9. The summed E-state index contributed by atoms with van der Waals surface area (Å²) in [7, 11) is 0. The third-order valence-electron chi connectivity index (χ3n) is 1.59. The molecule has 2 nitrogen and oxygen atoms in total. The van der Waals surface area contributed by atoms with Gasteiger partial charge in [0.1, 0.15) is 11.6 Å². The van der Waals surface area contributed by atoms with Crippen LogP contribution in [-0.4, -0.2) is 17.7 Å². The van der Waals surface area contributed by atoms with Gasteiger partial charge in [0.25, 0.3) is 0 Å². The summed E-state index contributed by atoms with van der Waals surface area (Å²) in [5.41, 5.74) is -0.159. The highest BCUT2D eigenvalue weighted by Gasteiger charge is 2.12. The monoisotopic (exact) mass is 282 g/mol. The Balaban J connectivity index is 2.93. The van der Waals surface area contributed by atoms with Crippen molar-refractivity contribution in [1.29, 1.82) is 0 Å². The van der Waals surface area contributed by atoms with Gasteiger partial charge in [0.05, 0.1) is 10.9 Å². The van der Waals surface area contributed by atoms with Crippen LogP contribution in [-0.2, 0) is 0 Å². The van der Waals surface area contributed by atoms with Gasteiger partial charge in [-0.3, -0.25) is 4.79 Å². The molecule has 1 rings (SSSR count). The Morgan fingerprint density at radius 2 is 2.13 bits per heavy atom. The standard InChI is InChI=1S/C9H6BrF3O2/c10-4-8(14)6-2-1-5(3-7(6)11)15-9(12)13/h1-3,9H,4H2. The average Bonchev–Trinajstić information content (AvgIpc) is 2.16. The van der Waals surface area contributed by atoms with Gasteiger partial charge in [0.2, 0.25) is 0 Å². The number of halogens is 4. The Morgan fingerprint density at radius 3 is 2.60 bits per heavy atom. The number of alkyl halides is 3. The molecule has 1 aromatic rings. The lowest BCUT2D eigenvalue weighted by Crippen LogP contribution is -2.06. The van der Waals surface area contributed by atoms with E-state index in [1.165, 1.54) is 0 Å². The number of carbonyl (C=O) groups is 1. The van der Waals surface area contributed by atoms with E-state index in [0.29, 0.717) is 0 Å². The Morgan fingerprint density at radius 1 is 1.47 bits per heavy atom. The van der Waals surface area contributed by atoms with E-state index in [4.69, 9.17) is 0 Å². The zero-order valence-electron chi connectivity index (χ0n) is 7.34. The van der Waals surface area contributed by atoms with Crippen LogP contribution < -0.4 is 4.74 Å². The maximum atomic E-state index is 13.2. The number of ketones is 1. The summed E-state index contributed by atoms with van der Waals surface area (Å²) < 4.78 is 40.7. The third kappa shape index (κ3) is 3.23. The smallest absolute Gasteiger partial charge is 0.387 e. The lowest BCUT2D eigenvalue weighted by molar-refractivity contribution is -0.0499. The first-order valence-electron chi connectivity index (χ1n) is 3.88. The molecule has 0 fully saturated rings. The minimum atomic E-state index is -3.01. The molecule has 0 bridgehead atoms. The molecule has 0 aliphatic rings. The molecule has 0 aromatic heterocycles. The maximum Gasteiger partial charge on any atom is 0.387 e. The van der Waals surface area contributed by atoms with E-state index in [9.17, 15) is 18.0 Å². The van der Waals surface area contributed by atoms with Crippen molar-refractivity contribution >= 4 is 21.7 Å². The van der Waals surface area contributed by atoms with E-state index >= 15 is 0 Å². The number of benzene rings is 1. The summed E-state index contributed by atoms with van der Waals surface area (Å²) in [4.78, 5) is 11.1. The number of hydrogen-bond acceptors (Lipinski definition) is 2. The zero-order chi connectivity index (χ0) is 11.4. The third-order valence-corrected chi connectivity index (χ3v) is 2.10. The normalized spacial score (nSPS) is 10.5. The molecule has 0 aliphatic carbocycles. The summed E-state index contributed by atoms with van der Waals surface area (Å²) in [5.74, 6) is -1.65. The molecular weight excluding hydrogens is 277 g/mol. The molecular formula is C9H6BrF3O2. The van der Waals surface area contributed by atoms with Crippen molar-refractivity contribution in [3.63, 3.8) is 0 Å². The van der Waals surface area contributed by atoms with Gasteiger partial charge in [0, 0.05) is 6.07 Å². The number of ether oxygens (including phenoxy) is 1. The first-order valence-corrected chi connectivity index (χ1v) is 5.00. The Kier molecular flexibility index (Phi) is 4.14. The van der Waals surface area contributed by atoms with Crippen LogP contribution in [0.25, 0.3) is 0 Å². The van der Waals surface area contributed by atoms with Crippen molar-refractivity contribution in [3.8, 4) is 5.75 Å². The zero-order valence-corrected chi connectivity index (χ0v) is 8.93. The van der Waals surface area contributed by atoms with E-state index < -0.39 is 18.2 Å². The molecule has 0 spiro atoms. The highest BCUT2D eigenvalue weighted by molar-refractivity contribution is 9.09. The summed E-state index contributed by atoms with van der Waals surface area (Å²) in [6, 6.07) is 2.98. The van der Waals surface area contributed by atoms with Crippen LogP contribution in [0.5, 0.6) is 5.75 Å². The van der Waals surface area contributed by atoms with E-state index in [-0.39, 0.29) is 16.6 Å². The van der Waals surface area contributed by atoms with Crippen molar-refractivity contribution in [2.45, 2.75) is 6.61 Å². The fraction of sp³-hybridized carbons (Fsp3) is 0.222. The molecule has 6 heteroatoms. The number of hydrogen-bond donors (Lipinski definition) is 0. The lowest BCUT2D eigenvalue weighted by Gasteiger charge is -2.05. The minimum absolute atomic E-state index is 0.0288. The fourth-order valence-corrected chi connectivity index (χ4v) is 1.27. The van der Waals surface area contributed by atoms with Crippen LogP contribution in [0.2, 0.25) is 0 Å². The number of carbonyl (C=O) groups excluding carboxylic acids is 1. The van der Waals surface area contributed by atoms with E-state index in [2.05, 4.69) is 20.7 Å². The second-order valence-corrected chi connectivity index (χ2v) is 3.14. The van der Waals surface area contributed by atoms with Crippen LogP contribution >= 0.6 is 15.9 Å². The average molecular weight is 283 g/mol. The van der Waals surface area contributed by atoms with Crippen molar-refractivity contribution in [2.75, 3.05) is 5.33 Å². The summed E-state index contributed by atoms with van der Waals surface area (Å²) in [6.45, 7) is -3.01. The SMILES string of the molecule is O=C(CBr)c1ccc(OC(F)F)cc1F. The Bertz CT molecular complexity index is 368. The van der Waals surface area contributed by atoms with Crippen molar-refractivity contribution in [2.24, 2.45) is 0 Å². The Hall–Kier alpha value is -1.04. The molecule has 0 amide bonds. The number of rotatable bonds is 4. The molecule has 0 heterocycles. The van der Waals surface area contributed by atoms with Gasteiger partial charge in [-0.2, -0.15) is 8.78 Å². The predicted molar refractivity (Wildman–Crippen MR) is 51.2 cm³/mol. The lowest BCUT2D eigenvalue weighted by atomic mass is 10.1. The van der Waals surface area contributed by atoms with Gasteiger partial charge in [0.15, 0.2) is 5.78 Å².